The molecule has 0 saturated carbocycles. The second-order valence-corrected chi connectivity index (χ2v) is 9.09. The van der Waals surface area contributed by atoms with Crippen molar-refractivity contribution in [1.82, 2.24) is 14.9 Å². The quantitative estimate of drug-likeness (QED) is 0.452. The van der Waals surface area contributed by atoms with Crippen LogP contribution in [-0.4, -0.2) is 40.0 Å². The lowest BCUT2D eigenvalue weighted by atomic mass is 9.86. The van der Waals surface area contributed by atoms with Gasteiger partial charge in [0.05, 0.1) is 20.6 Å². The Balaban J connectivity index is 1.60. The lowest BCUT2D eigenvalue weighted by molar-refractivity contribution is 0.0769. The number of aromatic nitrogens is 2. The number of rotatable bonds is 5. The third-order valence-corrected chi connectivity index (χ3v) is 6.72. The minimum absolute atomic E-state index is 0.0302. The van der Waals surface area contributed by atoms with Crippen LogP contribution in [0, 0.1) is 17.2 Å². The maximum absolute atomic E-state index is 13.2. The van der Waals surface area contributed by atoms with Crippen molar-refractivity contribution in [2.45, 2.75) is 18.9 Å². The molecule has 3 aromatic rings. The fourth-order valence-corrected chi connectivity index (χ4v) is 4.46. The van der Waals surface area contributed by atoms with Crippen molar-refractivity contribution in [2.24, 2.45) is 5.92 Å². The molecule has 0 radical (unpaired) electrons. The van der Waals surface area contributed by atoms with E-state index < -0.39 is 0 Å². The molecule has 0 N–H and O–H groups in total. The smallest absolute Gasteiger partial charge is 0.255 e. The monoisotopic (exact) mass is 500 g/mol. The summed E-state index contributed by atoms with van der Waals surface area (Å²) in [5, 5.41) is 10.4. The van der Waals surface area contributed by atoms with Crippen molar-refractivity contribution < 1.29 is 9.53 Å². The van der Waals surface area contributed by atoms with Gasteiger partial charge in [0.25, 0.3) is 5.91 Å². The van der Waals surface area contributed by atoms with Gasteiger partial charge in [0.15, 0.2) is 0 Å². The molecule has 1 aromatic carbocycles. The van der Waals surface area contributed by atoms with Crippen LogP contribution in [0.25, 0.3) is 0 Å². The van der Waals surface area contributed by atoms with E-state index in [9.17, 15) is 4.79 Å². The van der Waals surface area contributed by atoms with E-state index >= 15 is 0 Å². The maximum atomic E-state index is 13.2. The lowest BCUT2D eigenvalue weighted by Crippen LogP contribution is -2.32. The van der Waals surface area contributed by atoms with E-state index in [0.29, 0.717) is 39.6 Å². The molecule has 3 heterocycles. The van der Waals surface area contributed by atoms with Crippen molar-refractivity contribution in [3.8, 4) is 11.9 Å². The first-order valence-electron chi connectivity index (χ1n) is 10.2. The van der Waals surface area contributed by atoms with Crippen molar-refractivity contribution in [3.63, 3.8) is 0 Å². The van der Waals surface area contributed by atoms with Crippen molar-refractivity contribution in [2.75, 3.05) is 13.1 Å². The number of likely N-dealkylation sites (tertiary alicyclic amines) is 1. The highest BCUT2D eigenvalue weighted by Crippen LogP contribution is 2.38. The molecular formula is C24H19Cl3N4O2. The van der Waals surface area contributed by atoms with Crippen LogP contribution in [0.3, 0.4) is 0 Å². The number of benzene rings is 1. The lowest BCUT2D eigenvalue weighted by Gasteiger charge is -2.25. The zero-order valence-electron chi connectivity index (χ0n) is 17.6. The fraction of sp³-hybridized carbons (Fsp3) is 0.250. The summed E-state index contributed by atoms with van der Waals surface area (Å²) < 4.78 is 6.11. The molecule has 1 saturated heterocycles. The van der Waals surface area contributed by atoms with Crippen molar-refractivity contribution >= 4 is 40.7 Å². The second kappa shape index (κ2) is 9.96. The van der Waals surface area contributed by atoms with Gasteiger partial charge >= 0.3 is 0 Å². The van der Waals surface area contributed by atoms with Gasteiger partial charge in [0, 0.05) is 43.4 Å². The molecule has 3 atom stereocenters. The highest BCUT2D eigenvalue weighted by Gasteiger charge is 2.40. The zero-order valence-corrected chi connectivity index (χ0v) is 19.8. The average molecular weight is 502 g/mol. The van der Waals surface area contributed by atoms with E-state index in [1.807, 2.05) is 25.1 Å². The van der Waals surface area contributed by atoms with Gasteiger partial charge < -0.3 is 9.64 Å². The molecule has 0 bridgehead atoms. The molecule has 1 amide bonds. The van der Waals surface area contributed by atoms with Gasteiger partial charge in [-0.25, -0.2) is 9.97 Å². The Labute approximate surface area is 206 Å². The number of amides is 1. The number of halogens is 3. The van der Waals surface area contributed by atoms with Crippen LogP contribution in [0.2, 0.25) is 15.1 Å². The third-order valence-electron chi connectivity index (χ3n) is 5.76. The van der Waals surface area contributed by atoms with E-state index in [4.69, 9.17) is 44.8 Å². The summed E-state index contributed by atoms with van der Waals surface area (Å²) in [6.45, 7) is 2.91. The van der Waals surface area contributed by atoms with Gasteiger partial charge in [-0.15, -0.1) is 0 Å². The van der Waals surface area contributed by atoms with E-state index in [-0.39, 0.29) is 29.5 Å². The van der Waals surface area contributed by atoms with Crippen LogP contribution in [-0.2, 0) is 0 Å². The number of nitrogens with zero attached hydrogens (tertiary/aromatic N) is 4. The zero-order chi connectivity index (χ0) is 23.5. The molecule has 9 heteroatoms. The van der Waals surface area contributed by atoms with E-state index in [2.05, 4.69) is 9.97 Å². The normalized spacial score (nSPS) is 18.6. The fourth-order valence-electron chi connectivity index (χ4n) is 4.05. The summed E-state index contributed by atoms with van der Waals surface area (Å²) in [4.78, 5) is 23.2. The van der Waals surface area contributed by atoms with Crippen LogP contribution in [0.5, 0.6) is 5.88 Å². The first-order chi connectivity index (χ1) is 15.9. The van der Waals surface area contributed by atoms with E-state index in [0.717, 1.165) is 5.56 Å². The Morgan fingerprint density at radius 3 is 2.55 bits per heavy atom. The van der Waals surface area contributed by atoms with Crippen molar-refractivity contribution in [3.05, 3.63) is 86.7 Å². The minimum atomic E-state index is -0.255. The molecule has 1 aliphatic rings. The van der Waals surface area contributed by atoms with Gasteiger partial charge in [-0.1, -0.05) is 40.9 Å². The molecule has 1 fully saturated rings. The number of carbonyl (C=O) groups excluding carboxylic acids is 1. The standard InChI is InChI=1S/C24H19Cl3N4O2/c1-14(33-23-7-4-17(25)11-30-23)19-12-31(24(32)16-2-5-18(9-28)29-10-16)13-20(19)15-3-6-21(26)22(27)8-15/h2-8,10-11,14,19-20H,12-13H2,1H3/t14-,19+,20+/m1/s1. The Bertz CT molecular complexity index is 1200. The number of nitriles is 1. The Hall–Kier alpha value is -2.85. The summed E-state index contributed by atoms with van der Waals surface area (Å²) in [5.41, 5.74) is 1.66. The van der Waals surface area contributed by atoms with Crippen LogP contribution in [0.1, 0.15) is 34.5 Å². The Morgan fingerprint density at radius 1 is 1.09 bits per heavy atom. The second-order valence-electron chi connectivity index (χ2n) is 7.84. The maximum Gasteiger partial charge on any atom is 0.255 e. The highest BCUT2D eigenvalue weighted by atomic mass is 35.5. The first kappa shape index (κ1) is 23.3. The SMILES string of the molecule is C[C@@H](Oc1ccc(Cl)cn1)[C@@H]1CN(C(=O)c2ccc(C#N)nc2)C[C@H]1c1ccc(Cl)c(Cl)c1. The number of pyridine rings is 2. The molecule has 0 spiro atoms. The largest absolute Gasteiger partial charge is 0.474 e. The molecular weight excluding hydrogens is 483 g/mol. The van der Waals surface area contributed by atoms with Gasteiger partial charge in [-0.3, -0.25) is 4.79 Å². The van der Waals surface area contributed by atoms with Crippen LogP contribution >= 0.6 is 34.8 Å². The molecule has 0 unspecified atom stereocenters. The molecule has 0 aliphatic carbocycles. The van der Waals surface area contributed by atoms with Crippen LogP contribution in [0.4, 0.5) is 0 Å². The van der Waals surface area contributed by atoms with Crippen LogP contribution in [0.15, 0.2) is 54.9 Å². The summed E-state index contributed by atoms with van der Waals surface area (Å²) in [6.07, 6.45) is 2.71. The third kappa shape index (κ3) is 5.22. The molecule has 2 aromatic heterocycles. The van der Waals surface area contributed by atoms with Gasteiger partial charge in [0.1, 0.15) is 17.9 Å². The van der Waals surface area contributed by atoms with E-state index in [1.54, 1.807) is 29.2 Å². The Kier molecular flexibility index (Phi) is 7.04. The minimum Gasteiger partial charge on any atom is -0.474 e. The predicted molar refractivity (Wildman–Crippen MR) is 127 cm³/mol. The number of ether oxygens (including phenoxy) is 1. The average Bonchev–Trinajstić information content (AvgIpc) is 3.27. The molecule has 33 heavy (non-hydrogen) atoms. The number of hydrogen-bond acceptors (Lipinski definition) is 5. The molecule has 4 rings (SSSR count). The topological polar surface area (TPSA) is 79.1 Å². The predicted octanol–water partition coefficient (Wildman–Crippen LogP) is 5.63. The summed E-state index contributed by atoms with van der Waals surface area (Å²) in [6, 6.07) is 14.1. The molecule has 168 valence electrons. The molecule has 1 aliphatic heterocycles. The van der Waals surface area contributed by atoms with Crippen LogP contribution < -0.4 is 4.74 Å². The van der Waals surface area contributed by atoms with Gasteiger partial charge in [0.2, 0.25) is 5.88 Å². The number of hydrogen-bond donors (Lipinski definition) is 0. The highest BCUT2D eigenvalue weighted by molar-refractivity contribution is 6.42. The summed E-state index contributed by atoms with van der Waals surface area (Å²) in [5.74, 6) is 0.240. The van der Waals surface area contributed by atoms with E-state index in [1.165, 1.54) is 18.5 Å². The summed E-state index contributed by atoms with van der Waals surface area (Å²) in [7, 11) is 0. The molecule has 6 nitrogen and oxygen atoms in total. The van der Waals surface area contributed by atoms with Gasteiger partial charge in [-0.05, 0) is 42.8 Å². The first-order valence-corrected chi connectivity index (χ1v) is 11.4. The Morgan fingerprint density at radius 2 is 1.91 bits per heavy atom. The summed E-state index contributed by atoms with van der Waals surface area (Å²) >= 11 is 18.3. The number of carbonyl (C=O) groups is 1. The van der Waals surface area contributed by atoms with Gasteiger partial charge in [-0.2, -0.15) is 5.26 Å². The van der Waals surface area contributed by atoms with Crippen molar-refractivity contribution in [1.29, 1.82) is 5.26 Å².